The van der Waals surface area contributed by atoms with Crippen molar-refractivity contribution in [1.82, 2.24) is 9.88 Å². The second-order valence-corrected chi connectivity index (χ2v) is 4.02. The predicted octanol–water partition coefficient (Wildman–Crippen LogP) is 1.93. The van der Waals surface area contributed by atoms with Gasteiger partial charge in [-0.05, 0) is 31.2 Å². The minimum absolute atomic E-state index is 0.0206. The van der Waals surface area contributed by atoms with Crippen LogP contribution >= 0.6 is 0 Å². The van der Waals surface area contributed by atoms with E-state index in [1.54, 1.807) is 12.3 Å². The van der Waals surface area contributed by atoms with Crippen molar-refractivity contribution in [3.8, 4) is 12.1 Å². The Morgan fingerprint density at radius 3 is 2.82 bits per heavy atom. The first kappa shape index (κ1) is 13.2. The van der Waals surface area contributed by atoms with Gasteiger partial charge in [0.25, 0.3) is 0 Å². The highest BCUT2D eigenvalue weighted by molar-refractivity contribution is 5.25. The van der Waals surface area contributed by atoms with Crippen LogP contribution in [0.1, 0.15) is 25.1 Å². The van der Waals surface area contributed by atoms with E-state index >= 15 is 0 Å². The van der Waals surface area contributed by atoms with Crippen LogP contribution in [0.4, 0.5) is 0 Å². The fraction of sp³-hybridized carbons (Fsp3) is 0.462. The number of rotatable bonds is 5. The van der Waals surface area contributed by atoms with E-state index in [0.717, 1.165) is 25.2 Å². The first-order chi connectivity index (χ1) is 8.19. The van der Waals surface area contributed by atoms with Crippen molar-refractivity contribution in [2.24, 2.45) is 5.92 Å². The average molecular weight is 228 g/mol. The molecule has 0 saturated carbocycles. The molecule has 4 heteroatoms. The van der Waals surface area contributed by atoms with Gasteiger partial charge in [-0.15, -0.1) is 0 Å². The maximum atomic E-state index is 8.80. The monoisotopic (exact) mass is 228 g/mol. The molecule has 0 aliphatic heterocycles. The highest BCUT2D eigenvalue weighted by Gasteiger charge is 2.08. The number of nitrogens with zero attached hydrogens (tertiary/aromatic N) is 4. The van der Waals surface area contributed by atoms with Crippen LogP contribution in [0.15, 0.2) is 18.3 Å². The highest BCUT2D eigenvalue weighted by Crippen LogP contribution is 2.07. The molecule has 0 aromatic carbocycles. The fourth-order valence-corrected chi connectivity index (χ4v) is 1.63. The molecule has 1 heterocycles. The molecule has 0 spiro atoms. The summed E-state index contributed by atoms with van der Waals surface area (Å²) in [5.74, 6) is 0.0206. The van der Waals surface area contributed by atoms with Crippen LogP contribution in [0.2, 0.25) is 0 Å². The Hall–Kier alpha value is -1.91. The topological polar surface area (TPSA) is 63.7 Å². The Kier molecular flexibility index (Phi) is 5.13. The van der Waals surface area contributed by atoms with Crippen molar-refractivity contribution < 1.29 is 0 Å². The summed E-state index contributed by atoms with van der Waals surface area (Å²) in [6.07, 6.45) is 1.65. The third-order valence-corrected chi connectivity index (χ3v) is 2.54. The molecular weight excluding hydrogens is 212 g/mol. The van der Waals surface area contributed by atoms with Gasteiger partial charge in [-0.3, -0.25) is 4.90 Å². The van der Waals surface area contributed by atoms with Gasteiger partial charge in [0.05, 0.1) is 12.0 Å². The second-order valence-electron chi connectivity index (χ2n) is 4.02. The van der Waals surface area contributed by atoms with E-state index < -0.39 is 0 Å². The van der Waals surface area contributed by atoms with E-state index in [-0.39, 0.29) is 5.92 Å². The minimum atomic E-state index is 0.0206. The lowest BCUT2D eigenvalue weighted by Crippen LogP contribution is -2.27. The predicted molar refractivity (Wildman–Crippen MR) is 64.7 cm³/mol. The summed E-state index contributed by atoms with van der Waals surface area (Å²) in [4.78, 5) is 6.12. The van der Waals surface area contributed by atoms with Crippen molar-refractivity contribution >= 4 is 0 Å². The summed E-state index contributed by atoms with van der Waals surface area (Å²) in [5, 5.41) is 17.6. The lowest BCUT2D eigenvalue weighted by Gasteiger charge is -2.21. The van der Waals surface area contributed by atoms with Gasteiger partial charge in [0.2, 0.25) is 0 Å². The smallest absolute Gasteiger partial charge is 0.140 e. The van der Waals surface area contributed by atoms with E-state index in [4.69, 9.17) is 10.5 Å². The first-order valence-electron chi connectivity index (χ1n) is 5.66. The molecule has 88 valence electrons. The number of aromatic nitrogens is 1. The zero-order valence-electron chi connectivity index (χ0n) is 10.2. The first-order valence-corrected chi connectivity index (χ1v) is 5.66. The molecular formula is C13H16N4. The Labute approximate surface area is 102 Å². The van der Waals surface area contributed by atoms with Gasteiger partial charge in [-0.25, -0.2) is 4.98 Å². The average Bonchev–Trinajstić information content (AvgIpc) is 2.37. The van der Waals surface area contributed by atoms with Crippen molar-refractivity contribution in [3.63, 3.8) is 0 Å². The molecule has 0 aliphatic carbocycles. The van der Waals surface area contributed by atoms with Crippen LogP contribution in [0.5, 0.6) is 0 Å². The largest absolute Gasteiger partial charge is 0.298 e. The molecule has 1 aromatic heterocycles. The number of pyridine rings is 1. The van der Waals surface area contributed by atoms with Crippen LogP contribution in [0.25, 0.3) is 0 Å². The zero-order valence-corrected chi connectivity index (χ0v) is 10.2. The lowest BCUT2D eigenvalue weighted by molar-refractivity contribution is 0.260. The van der Waals surface area contributed by atoms with Crippen molar-refractivity contribution in [2.45, 2.75) is 20.4 Å². The van der Waals surface area contributed by atoms with Gasteiger partial charge in [-0.2, -0.15) is 10.5 Å². The molecule has 0 radical (unpaired) electrons. The Balaban J connectivity index is 2.68. The van der Waals surface area contributed by atoms with Crippen LogP contribution in [0.3, 0.4) is 0 Å². The standard InChI is InChI=1S/C13H16N4/c1-3-17(9-11(2)7-14)10-12-4-5-16-13(6-12)8-15/h4-6,11H,3,9-10H2,1-2H3. The maximum absolute atomic E-state index is 8.80. The van der Waals surface area contributed by atoms with Crippen molar-refractivity contribution in [2.75, 3.05) is 13.1 Å². The summed E-state index contributed by atoms with van der Waals surface area (Å²) in [5.41, 5.74) is 1.50. The molecule has 0 fully saturated rings. The van der Waals surface area contributed by atoms with Crippen molar-refractivity contribution in [3.05, 3.63) is 29.6 Å². The Morgan fingerprint density at radius 2 is 2.24 bits per heavy atom. The van der Waals surface area contributed by atoms with Crippen LogP contribution in [-0.4, -0.2) is 23.0 Å². The number of hydrogen-bond donors (Lipinski definition) is 0. The van der Waals surface area contributed by atoms with Gasteiger partial charge in [0, 0.05) is 19.3 Å². The molecule has 1 atom stereocenters. The summed E-state index contributed by atoms with van der Waals surface area (Å²) in [7, 11) is 0. The normalized spacial score (nSPS) is 11.8. The van der Waals surface area contributed by atoms with Gasteiger partial charge in [0.15, 0.2) is 0 Å². The lowest BCUT2D eigenvalue weighted by atomic mass is 10.1. The molecule has 1 rings (SSSR count). The summed E-state index contributed by atoms with van der Waals surface area (Å²) >= 11 is 0. The van der Waals surface area contributed by atoms with Crippen molar-refractivity contribution in [1.29, 1.82) is 10.5 Å². The second kappa shape index (κ2) is 6.62. The molecule has 0 saturated heterocycles. The van der Waals surface area contributed by atoms with E-state index in [1.165, 1.54) is 0 Å². The molecule has 17 heavy (non-hydrogen) atoms. The minimum Gasteiger partial charge on any atom is -0.298 e. The van der Waals surface area contributed by atoms with E-state index in [0.29, 0.717) is 5.69 Å². The molecule has 4 nitrogen and oxygen atoms in total. The summed E-state index contributed by atoms with van der Waals surface area (Å²) < 4.78 is 0. The van der Waals surface area contributed by atoms with E-state index in [2.05, 4.69) is 22.9 Å². The van der Waals surface area contributed by atoms with Gasteiger partial charge < -0.3 is 0 Å². The molecule has 0 bridgehead atoms. The molecule has 0 amide bonds. The Bertz CT molecular complexity index is 441. The quantitative estimate of drug-likeness (QED) is 0.772. The summed E-state index contributed by atoms with van der Waals surface area (Å²) in [6.45, 7) is 6.36. The zero-order chi connectivity index (χ0) is 12.7. The van der Waals surface area contributed by atoms with Gasteiger partial charge in [-0.1, -0.05) is 6.92 Å². The third-order valence-electron chi connectivity index (χ3n) is 2.54. The molecule has 0 aliphatic rings. The van der Waals surface area contributed by atoms with Crippen LogP contribution < -0.4 is 0 Å². The molecule has 1 aromatic rings. The van der Waals surface area contributed by atoms with Gasteiger partial charge in [0.1, 0.15) is 11.8 Å². The van der Waals surface area contributed by atoms with Crippen LogP contribution in [-0.2, 0) is 6.54 Å². The van der Waals surface area contributed by atoms with Gasteiger partial charge >= 0.3 is 0 Å². The SMILES string of the molecule is CCN(Cc1ccnc(C#N)c1)CC(C)C#N. The molecule has 0 N–H and O–H groups in total. The highest BCUT2D eigenvalue weighted by atomic mass is 15.1. The van der Waals surface area contributed by atoms with Crippen LogP contribution in [0, 0.1) is 28.6 Å². The summed E-state index contributed by atoms with van der Waals surface area (Å²) in [6, 6.07) is 7.95. The molecule has 1 unspecified atom stereocenters. The van der Waals surface area contributed by atoms with E-state index in [1.807, 2.05) is 19.1 Å². The van der Waals surface area contributed by atoms with E-state index in [9.17, 15) is 0 Å². The Morgan fingerprint density at radius 1 is 1.47 bits per heavy atom. The maximum Gasteiger partial charge on any atom is 0.140 e. The third kappa shape index (κ3) is 4.22. The number of nitriles is 2. The number of hydrogen-bond acceptors (Lipinski definition) is 4. The fourth-order valence-electron chi connectivity index (χ4n) is 1.63.